The number of Topliss-reactive ketones (excluding diaryl/α,β-unsaturated/α-hetero) is 1. The first-order valence-electron chi connectivity index (χ1n) is 13.9. The fraction of sp³-hybridized carbons (Fsp3) is 0.867. The molecule has 5 aliphatic carbocycles. The van der Waals surface area contributed by atoms with Gasteiger partial charge in [-0.3, -0.25) is 9.59 Å². The van der Waals surface area contributed by atoms with Gasteiger partial charge in [0.1, 0.15) is 0 Å². The molecule has 1 unspecified atom stereocenters. The molecule has 0 bridgehead atoms. The highest BCUT2D eigenvalue weighted by Crippen LogP contribution is 2.77. The lowest BCUT2D eigenvalue weighted by atomic mass is 9.33. The number of fused-ring (bicyclic) bond motifs is 7. The lowest BCUT2D eigenvalue weighted by Crippen LogP contribution is -2.66. The fourth-order valence-corrected chi connectivity index (χ4v) is 11.2. The van der Waals surface area contributed by atoms with Gasteiger partial charge in [-0.15, -0.1) is 0 Å². The van der Waals surface area contributed by atoms with Crippen molar-refractivity contribution in [1.82, 2.24) is 0 Å². The first-order chi connectivity index (χ1) is 15.7. The van der Waals surface area contributed by atoms with Crippen molar-refractivity contribution >= 4 is 11.8 Å². The van der Waals surface area contributed by atoms with Crippen molar-refractivity contribution in [2.45, 2.75) is 99.8 Å². The molecule has 2 N–H and O–H groups in total. The number of ketones is 1. The average Bonchev–Trinajstić information content (AvgIpc) is 3.14. The van der Waals surface area contributed by atoms with Crippen LogP contribution in [0, 0.1) is 62.6 Å². The van der Waals surface area contributed by atoms with Gasteiger partial charge in [-0.05, 0) is 109 Å². The van der Waals surface area contributed by atoms with Crippen LogP contribution >= 0.6 is 0 Å². The van der Waals surface area contributed by atoms with Crippen molar-refractivity contribution in [3.63, 3.8) is 0 Å². The minimum absolute atomic E-state index is 0.0375. The van der Waals surface area contributed by atoms with Gasteiger partial charge in [-0.25, -0.2) is 0 Å². The Morgan fingerprint density at radius 2 is 1.59 bits per heavy atom. The van der Waals surface area contributed by atoms with E-state index in [9.17, 15) is 19.8 Å². The van der Waals surface area contributed by atoms with Crippen molar-refractivity contribution in [3.05, 3.63) is 11.8 Å². The summed E-state index contributed by atoms with van der Waals surface area (Å²) < 4.78 is 0. The van der Waals surface area contributed by atoms with Crippen LogP contribution in [0.25, 0.3) is 0 Å². The zero-order valence-corrected chi connectivity index (χ0v) is 22.4. The Morgan fingerprint density at radius 1 is 0.912 bits per heavy atom. The molecule has 4 nitrogen and oxygen atoms in total. The second-order valence-electron chi connectivity index (χ2n) is 14.5. The van der Waals surface area contributed by atoms with E-state index in [0.717, 1.165) is 51.4 Å². The molecule has 0 aromatic heterocycles. The molecule has 5 rings (SSSR count). The SMILES string of the molecule is CC(C)[C@@H]1CC[C@]2(C(=O)O)CC[C@]3(C)[C@H](CC[C@@H]4[C@@]5(C)C=C(O)C(=O)C(C)(C)C5CC[C@]43C)[C@@H]12. The number of hydrogen-bond acceptors (Lipinski definition) is 3. The maximum atomic E-state index is 12.9. The van der Waals surface area contributed by atoms with Crippen LogP contribution in [-0.4, -0.2) is 22.0 Å². The zero-order chi connectivity index (χ0) is 25.1. The van der Waals surface area contributed by atoms with Crippen molar-refractivity contribution < 1.29 is 19.8 Å². The van der Waals surface area contributed by atoms with E-state index in [-0.39, 0.29) is 39.6 Å². The van der Waals surface area contributed by atoms with E-state index in [2.05, 4.69) is 34.6 Å². The van der Waals surface area contributed by atoms with Crippen LogP contribution in [0.3, 0.4) is 0 Å². The van der Waals surface area contributed by atoms with Crippen molar-refractivity contribution in [2.24, 2.45) is 62.6 Å². The largest absolute Gasteiger partial charge is 0.505 e. The third-order valence-corrected chi connectivity index (χ3v) is 13.1. The summed E-state index contributed by atoms with van der Waals surface area (Å²) in [6.45, 7) is 16.0. The number of carboxylic acids is 1. The molecular weight excluding hydrogens is 424 g/mol. The summed E-state index contributed by atoms with van der Waals surface area (Å²) in [5.74, 6) is 1.64. The van der Waals surface area contributed by atoms with Crippen LogP contribution in [0.5, 0.6) is 0 Å². The number of hydrogen-bond donors (Lipinski definition) is 2. The van der Waals surface area contributed by atoms with Gasteiger partial charge in [0.25, 0.3) is 0 Å². The van der Waals surface area contributed by atoms with Gasteiger partial charge in [-0.2, -0.15) is 0 Å². The smallest absolute Gasteiger partial charge is 0.309 e. The van der Waals surface area contributed by atoms with Crippen molar-refractivity contribution in [1.29, 1.82) is 0 Å². The molecule has 9 atom stereocenters. The number of allylic oxidation sites excluding steroid dienone is 2. The van der Waals surface area contributed by atoms with E-state index in [0.29, 0.717) is 23.7 Å². The van der Waals surface area contributed by atoms with Crippen LogP contribution in [0.2, 0.25) is 0 Å². The zero-order valence-electron chi connectivity index (χ0n) is 22.4. The van der Waals surface area contributed by atoms with E-state index in [1.807, 2.05) is 19.9 Å². The van der Waals surface area contributed by atoms with E-state index in [1.165, 1.54) is 0 Å². The van der Waals surface area contributed by atoms with Gasteiger partial charge in [0.05, 0.1) is 5.41 Å². The summed E-state index contributed by atoms with van der Waals surface area (Å²) in [7, 11) is 0. The molecule has 34 heavy (non-hydrogen) atoms. The van der Waals surface area contributed by atoms with E-state index >= 15 is 0 Å². The summed E-state index contributed by atoms with van der Waals surface area (Å²) >= 11 is 0. The van der Waals surface area contributed by atoms with E-state index in [4.69, 9.17) is 0 Å². The van der Waals surface area contributed by atoms with Crippen LogP contribution in [0.1, 0.15) is 99.8 Å². The molecule has 0 saturated heterocycles. The molecule has 0 radical (unpaired) electrons. The second kappa shape index (κ2) is 7.13. The van der Waals surface area contributed by atoms with Gasteiger partial charge in [-0.1, -0.05) is 48.5 Å². The van der Waals surface area contributed by atoms with Gasteiger partial charge < -0.3 is 10.2 Å². The Labute approximate surface area is 206 Å². The molecule has 0 amide bonds. The molecule has 0 aliphatic heterocycles. The fourth-order valence-electron chi connectivity index (χ4n) is 11.2. The molecule has 4 heteroatoms. The van der Waals surface area contributed by atoms with Crippen LogP contribution in [0.4, 0.5) is 0 Å². The maximum absolute atomic E-state index is 12.9. The van der Waals surface area contributed by atoms with Gasteiger partial charge in [0, 0.05) is 5.41 Å². The average molecular weight is 471 g/mol. The van der Waals surface area contributed by atoms with Crippen LogP contribution in [0.15, 0.2) is 11.8 Å². The van der Waals surface area contributed by atoms with Gasteiger partial charge in [0.15, 0.2) is 5.76 Å². The molecule has 4 saturated carbocycles. The summed E-state index contributed by atoms with van der Waals surface area (Å²) in [6, 6.07) is 0. The van der Waals surface area contributed by atoms with Crippen LogP contribution < -0.4 is 0 Å². The van der Waals surface area contributed by atoms with Crippen molar-refractivity contribution in [3.8, 4) is 0 Å². The lowest BCUT2D eigenvalue weighted by molar-refractivity contribution is -0.224. The van der Waals surface area contributed by atoms with Crippen LogP contribution in [-0.2, 0) is 9.59 Å². The lowest BCUT2D eigenvalue weighted by Gasteiger charge is -2.71. The highest BCUT2D eigenvalue weighted by molar-refractivity contribution is 5.98. The predicted octanol–water partition coefficient (Wildman–Crippen LogP) is 7.04. The number of carbonyl (C=O) groups excluding carboxylic acids is 1. The highest BCUT2D eigenvalue weighted by atomic mass is 16.4. The highest BCUT2D eigenvalue weighted by Gasteiger charge is 2.72. The number of aliphatic hydroxyl groups is 1. The third kappa shape index (κ3) is 2.67. The third-order valence-electron chi connectivity index (χ3n) is 13.1. The molecular formula is C30H46O4. The number of aliphatic hydroxyl groups excluding tert-OH is 1. The first-order valence-corrected chi connectivity index (χ1v) is 13.9. The Hall–Kier alpha value is -1.32. The monoisotopic (exact) mass is 470 g/mol. The predicted molar refractivity (Wildman–Crippen MR) is 133 cm³/mol. The molecule has 5 aliphatic rings. The van der Waals surface area contributed by atoms with Gasteiger partial charge in [0.2, 0.25) is 5.78 Å². The molecule has 4 fully saturated rings. The van der Waals surface area contributed by atoms with E-state index < -0.39 is 16.8 Å². The maximum Gasteiger partial charge on any atom is 0.309 e. The Kier molecular flexibility index (Phi) is 5.11. The summed E-state index contributed by atoms with van der Waals surface area (Å²) in [6.07, 6.45) is 9.84. The Morgan fingerprint density at radius 3 is 2.21 bits per heavy atom. The first kappa shape index (κ1) is 24.4. The molecule has 190 valence electrons. The van der Waals surface area contributed by atoms with Crippen molar-refractivity contribution in [2.75, 3.05) is 0 Å². The van der Waals surface area contributed by atoms with Gasteiger partial charge >= 0.3 is 5.97 Å². The molecule has 0 spiro atoms. The summed E-state index contributed by atoms with van der Waals surface area (Å²) in [5, 5.41) is 21.3. The normalized spacial score (nSPS) is 51.7. The summed E-state index contributed by atoms with van der Waals surface area (Å²) in [4.78, 5) is 25.7. The second-order valence-corrected chi connectivity index (χ2v) is 14.5. The minimum Gasteiger partial charge on any atom is -0.505 e. The number of rotatable bonds is 2. The topological polar surface area (TPSA) is 74.6 Å². The summed E-state index contributed by atoms with van der Waals surface area (Å²) in [5.41, 5.74) is -1.15. The quantitative estimate of drug-likeness (QED) is 0.454. The van der Waals surface area contributed by atoms with E-state index in [1.54, 1.807) is 0 Å². The Balaban J connectivity index is 1.60. The molecule has 0 heterocycles. The molecule has 0 aromatic rings. The minimum atomic E-state index is -0.550. The molecule has 0 aromatic carbocycles. The number of carboxylic acid groups (broad SMARTS) is 1. The Bertz CT molecular complexity index is 947. The number of aliphatic carboxylic acids is 1. The number of carbonyl (C=O) groups is 2. The standard InChI is InChI=1S/C30H46O4/c1-17(2)18-10-13-30(25(33)34)15-14-28(6)19(23(18)30)8-9-22-27(5)16-20(31)24(32)26(3,4)21(27)11-12-29(22,28)7/h16-19,21-23,31H,8-15H2,1-7H3,(H,33,34)/t18-,19+,21?,22+,23+,27-,28+,29+,30-/m0/s1.